The molecule has 1 heterocycles. The van der Waals surface area contributed by atoms with E-state index in [1.807, 2.05) is 0 Å². The summed E-state index contributed by atoms with van der Waals surface area (Å²) >= 11 is 6.40. The van der Waals surface area contributed by atoms with Crippen molar-refractivity contribution in [3.8, 4) is 0 Å². The molecule has 2 N–H and O–H groups in total. The van der Waals surface area contributed by atoms with E-state index in [1.54, 1.807) is 31.2 Å². The number of esters is 1. The van der Waals surface area contributed by atoms with Crippen molar-refractivity contribution in [2.75, 3.05) is 13.7 Å². The Kier molecular flexibility index (Phi) is 7.53. The third kappa shape index (κ3) is 5.08. The number of H-pyrrole nitrogens is 2. The first-order valence-corrected chi connectivity index (χ1v) is 11.1. The standard InChI is InChI=1S/C23H26ClN3O6/c1-14-15(21(31)26-22(32)25-14)10-11-20(30)33-13-19(29)27(2)23(12-6-5-9-18(23)28)16-7-3-4-8-17(16)24/h3-4,7-8H,5-6,9-13H2,1-2H3,(H2,25,26,31,32)/t23-/m1/s1. The van der Waals surface area contributed by atoms with Crippen molar-refractivity contribution in [2.45, 2.75) is 51.0 Å². The van der Waals surface area contributed by atoms with E-state index in [-0.39, 0.29) is 24.2 Å². The minimum Gasteiger partial charge on any atom is -0.456 e. The van der Waals surface area contributed by atoms with Crippen LogP contribution in [0.5, 0.6) is 0 Å². The fourth-order valence-corrected chi connectivity index (χ4v) is 4.60. The van der Waals surface area contributed by atoms with E-state index in [2.05, 4.69) is 9.97 Å². The number of hydrogen-bond donors (Lipinski definition) is 2. The predicted octanol–water partition coefficient (Wildman–Crippen LogP) is 2.00. The number of halogens is 1. The average molecular weight is 476 g/mol. The van der Waals surface area contributed by atoms with Crippen molar-refractivity contribution in [3.63, 3.8) is 0 Å². The molecular weight excluding hydrogens is 450 g/mol. The number of hydrogen-bond acceptors (Lipinski definition) is 6. The number of amides is 1. The third-order valence-corrected chi connectivity index (χ3v) is 6.44. The molecule has 1 aliphatic rings. The second kappa shape index (κ2) is 10.2. The molecule has 1 amide bonds. The van der Waals surface area contributed by atoms with Crippen LogP contribution in [0.3, 0.4) is 0 Å². The van der Waals surface area contributed by atoms with Gasteiger partial charge in [0.25, 0.3) is 11.5 Å². The molecule has 10 heteroatoms. The van der Waals surface area contributed by atoms with Gasteiger partial charge in [0.15, 0.2) is 12.4 Å². The van der Waals surface area contributed by atoms with Crippen molar-refractivity contribution in [1.82, 2.24) is 14.9 Å². The van der Waals surface area contributed by atoms with Crippen LogP contribution in [0.25, 0.3) is 0 Å². The maximum absolute atomic E-state index is 13.1. The monoisotopic (exact) mass is 475 g/mol. The number of ketones is 1. The Hall–Kier alpha value is -3.20. The summed E-state index contributed by atoms with van der Waals surface area (Å²) in [5.74, 6) is -1.31. The van der Waals surface area contributed by atoms with Crippen LogP contribution in [0.2, 0.25) is 5.02 Å². The van der Waals surface area contributed by atoms with Crippen LogP contribution >= 0.6 is 11.6 Å². The van der Waals surface area contributed by atoms with E-state index in [9.17, 15) is 24.0 Å². The molecule has 0 saturated heterocycles. The molecule has 0 bridgehead atoms. The number of rotatable bonds is 7. The van der Waals surface area contributed by atoms with Gasteiger partial charge in [0, 0.05) is 41.7 Å². The highest BCUT2D eigenvalue weighted by Crippen LogP contribution is 2.42. The summed E-state index contributed by atoms with van der Waals surface area (Å²) in [4.78, 5) is 67.3. The van der Waals surface area contributed by atoms with Crippen molar-refractivity contribution in [2.24, 2.45) is 0 Å². The smallest absolute Gasteiger partial charge is 0.325 e. The SMILES string of the molecule is Cc1[nH]c(=O)[nH]c(=O)c1CCC(=O)OCC(=O)N(C)[C@@]1(c2ccccc2Cl)CCCCC1=O. The highest BCUT2D eigenvalue weighted by Gasteiger charge is 2.47. The lowest BCUT2D eigenvalue weighted by molar-refractivity contribution is -0.157. The van der Waals surface area contributed by atoms with Crippen molar-refractivity contribution >= 4 is 29.3 Å². The van der Waals surface area contributed by atoms with E-state index >= 15 is 0 Å². The van der Waals surface area contributed by atoms with Gasteiger partial charge in [-0.15, -0.1) is 0 Å². The summed E-state index contributed by atoms with van der Waals surface area (Å²) < 4.78 is 5.13. The van der Waals surface area contributed by atoms with Gasteiger partial charge in [0.1, 0.15) is 5.54 Å². The zero-order valence-electron chi connectivity index (χ0n) is 18.5. The first kappa shape index (κ1) is 24.4. The average Bonchev–Trinajstić information content (AvgIpc) is 2.77. The first-order chi connectivity index (χ1) is 15.7. The maximum Gasteiger partial charge on any atom is 0.325 e. The number of likely N-dealkylation sites (N-methyl/N-ethyl adjacent to an activating group) is 1. The number of aryl methyl sites for hydroxylation is 1. The molecule has 0 radical (unpaired) electrons. The largest absolute Gasteiger partial charge is 0.456 e. The molecule has 2 aromatic rings. The lowest BCUT2D eigenvalue weighted by Gasteiger charge is -2.43. The second-order valence-electron chi connectivity index (χ2n) is 8.10. The van der Waals surface area contributed by atoms with Crippen LogP contribution in [-0.4, -0.2) is 46.2 Å². The highest BCUT2D eigenvalue weighted by molar-refractivity contribution is 6.31. The van der Waals surface area contributed by atoms with Crippen LogP contribution in [0.1, 0.15) is 48.9 Å². The number of carbonyl (C=O) groups is 3. The van der Waals surface area contributed by atoms with Crippen LogP contribution in [0.4, 0.5) is 0 Å². The number of aromatic amines is 2. The second-order valence-corrected chi connectivity index (χ2v) is 8.50. The molecule has 1 fully saturated rings. The van der Waals surface area contributed by atoms with Gasteiger partial charge in [0.2, 0.25) is 0 Å². The molecule has 1 atom stereocenters. The van der Waals surface area contributed by atoms with Gasteiger partial charge in [-0.3, -0.25) is 24.2 Å². The summed E-state index contributed by atoms with van der Waals surface area (Å²) in [6, 6.07) is 6.94. The van der Waals surface area contributed by atoms with E-state index < -0.39 is 35.3 Å². The van der Waals surface area contributed by atoms with Crippen molar-refractivity contribution in [1.29, 1.82) is 0 Å². The maximum atomic E-state index is 13.1. The number of aromatic nitrogens is 2. The number of ether oxygens (including phenoxy) is 1. The molecule has 1 aromatic carbocycles. The number of carbonyl (C=O) groups excluding carboxylic acids is 3. The van der Waals surface area contributed by atoms with E-state index in [0.29, 0.717) is 29.1 Å². The van der Waals surface area contributed by atoms with Gasteiger partial charge in [0.05, 0.1) is 0 Å². The minimum absolute atomic E-state index is 0.0445. The number of Topliss-reactive ketones (excluding diaryl/α,β-unsaturated/α-hetero) is 1. The molecule has 3 rings (SSSR count). The van der Waals surface area contributed by atoms with Crippen LogP contribution in [0.15, 0.2) is 33.9 Å². The molecule has 1 saturated carbocycles. The Morgan fingerprint density at radius 3 is 2.55 bits per heavy atom. The Bertz CT molecular complexity index is 1190. The minimum atomic E-state index is -1.21. The lowest BCUT2D eigenvalue weighted by atomic mass is 9.74. The summed E-state index contributed by atoms with van der Waals surface area (Å²) in [7, 11) is 1.52. The molecule has 1 aromatic heterocycles. The van der Waals surface area contributed by atoms with E-state index in [4.69, 9.17) is 16.3 Å². The summed E-state index contributed by atoms with van der Waals surface area (Å²) in [5.41, 5.74) is -1.21. The number of nitrogens with one attached hydrogen (secondary N) is 2. The summed E-state index contributed by atoms with van der Waals surface area (Å²) in [6.07, 6.45) is 2.15. The van der Waals surface area contributed by atoms with Gasteiger partial charge in [-0.05, 0) is 38.7 Å². The predicted molar refractivity (Wildman–Crippen MR) is 121 cm³/mol. The van der Waals surface area contributed by atoms with Gasteiger partial charge in [-0.1, -0.05) is 29.8 Å². The zero-order chi connectivity index (χ0) is 24.2. The van der Waals surface area contributed by atoms with E-state index in [1.165, 1.54) is 11.9 Å². The van der Waals surface area contributed by atoms with Gasteiger partial charge >= 0.3 is 11.7 Å². The van der Waals surface area contributed by atoms with E-state index in [0.717, 1.165) is 12.8 Å². The quantitative estimate of drug-likeness (QED) is 0.589. The Balaban J connectivity index is 1.69. The summed E-state index contributed by atoms with van der Waals surface area (Å²) in [6.45, 7) is 1.01. The van der Waals surface area contributed by atoms with Crippen LogP contribution in [0, 0.1) is 6.92 Å². The Morgan fingerprint density at radius 2 is 1.88 bits per heavy atom. The Labute approximate surface area is 195 Å². The van der Waals surface area contributed by atoms with Crippen molar-refractivity contribution in [3.05, 3.63) is 66.9 Å². The summed E-state index contributed by atoms with van der Waals surface area (Å²) in [5, 5.41) is 0.394. The molecule has 176 valence electrons. The molecular formula is C23H26ClN3O6. The lowest BCUT2D eigenvalue weighted by Crippen LogP contribution is -2.55. The van der Waals surface area contributed by atoms with Crippen LogP contribution < -0.4 is 11.2 Å². The number of benzene rings is 1. The van der Waals surface area contributed by atoms with Gasteiger partial charge in [-0.25, -0.2) is 4.79 Å². The molecule has 0 spiro atoms. The number of nitrogens with zero attached hydrogens (tertiary/aromatic N) is 1. The normalized spacial score (nSPS) is 18.1. The first-order valence-electron chi connectivity index (χ1n) is 10.7. The third-order valence-electron chi connectivity index (χ3n) is 6.11. The molecule has 33 heavy (non-hydrogen) atoms. The van der Waals surface area contributed by atoms with Gasteiger partial charge in [-0.2, -0.15) is 0 Å². The fourth-order valence-electron chi connectivity index (χ4n) is 4.31. The Morgan fingerprint density at radius 1 is 1.15 bits per heavy atom. The molecule has 0 aliphatic heterocycles. The highest BCUT2D eigenvalue weighted by atomic mass is 35.5. The molecule has 0 unspecified atom stereocenters. The van der Waals surface area contributed by atoms with Crippen LogP contribution in [-0.2, 0) is 31.1 Å². The molecule has 9 nitrogen and oxygen atoms in total. The fraction of sp³-hybridized carbons (Fsp3) is 0.435. The zero-order valence-corrected chi connectivity index (χ0v) is 19.3. The topological polar surface area (TPSA) is 129 Å². The van der Waals surface area contributed by atoms with Crippen molar-refractivity contribution < 1.29 is 19.1 Å². The van der Waals surface area contributed by atoms with Gasteiger partial charge < -0.3 is 14.6 Å². The molecule has 1 aliphatic carbocycles.